The van der Waals surface area contributed by atoms with Crippen LogP contribution in [0.15, 0.2) is 0 Å². The van der Waals surface area contributed by atoms with E-state index in [4.69, 9.17) is 5.73 Å². The van der Waals surface area contributed by atoms with Crippen molar-refractivity contribution >= 4 is 0 Å². The fourth-order valence-corrected chi connectivity index (χ4v) is 1.03. The van der Waals surface area contributed by atoms with Gasteiger partial charge in [0, 0.05) is 0 Å². The summed E-state index contributed by atoms with van der Waals surface area (Å²) < 4.78 is 0. The normalized spacial score (nSPS) is 10.4. The van der Waals surface area contributed by atoms with Crippen LogP contribution in [0, 0.1) is 0 Å². The maximum atomic E-state index is 5.35. The number of hydrogen-bond acceptors (Lipinski definition) is 2. The molecule has 0 radical (unpaired) electrons. The second-order valence-corrected chi connectivity index (χ2v) is 2.95. The van der Waals surface area contributed by atoms with Crippen LogP contribution in [-0.4, -0.2) is 19.6 Å². The molecule has 0 spiro atoms. The minimum absolute atomic E-state index is 0.808. The molecule has 0 fully saturated rings. The first-order valence-electron chi connectivity index (χ1n) is 4.82. The molecule has 0 heterocycles. The Kier molecular flexibility index (Phi) is 9.85. The van der Waals surface area contributed by atoms with Crippen molar-refractivity contribution in [3.63, 3.8) is 0 Å². The molecule has 0 aromatic rings. The molecule has 68 valence electrons. The Hall–Kier alpha value is -0.0800. The van der Waals surface area contributed by atoms with Crippen molar-refractivity contribution < 1.29 is 0 Å². The van der Waals surface area contributed by atoms with Crippen molar-refractivity contribution in [1.82, 2.24) is 5.32 Å². The van der Waals surface area contributed by atoms with Crippen LogP contribution < -0.4 is 11.1 Å². The lowest BCUT2D eigenvalue weighted by Gasteiger charge is -2.02. The third-order valence-corrected chi connectivity index (χ3v) is 1.76. The molecule has 0 aromatic heterocycles. The van der Waals surface area contributed by atoms with Gasteiger partial charge in [-0.15, -0.1) is 0 Å². The van der Waals surface area contributed by atoms with E-state index in [-0.39, 0.29) is 0 Å². The van der Waals surface area contributed by atoms with Gasteiger partial charge in [-0.05, 0) is 32.5 Å². The molecular formula is C9H22N2. The first-order valence-corrected chi connectivity index (χ1v) is 4.82. The van der Waals surface area contributed by atoms with E-state index in [0.717, 1.165) is 19.5 Å². The SMILES string of the molecule is CCCCCCNCCCN. The van der Waals surface area contributed by atoms with Crippen LogP contribution in [0.1, 0.15) is 39.0 Å². The largest absolute Gasteiger partial charge is 0.330 e. The fourth-order valence-electron chi connectivity index (χ4n) is 1.03. The predicted octanol–water partition coefficient (Wildman–Crippen LogP) is 1.51. The third-order valence-electron chi connectivity index (χ3n) is 1.76. The van der Waals surface area contributed by atoms with Gasteiger partial charge in [0.2, 0.25) is 0 Å². The quantitative estimate of drug-likeness (QED) is 0.525. The highest BCUT2D eigenvalue weighted by Crippen LogP contribution is 1.96. The van der Waals surface area contributed by atoms with Crippen molar-refractivity contribution in [2.24, 2.45) is 5.73 Å². The van der Waals surface area contributed by atoms with E-state index in [1.807, 2.05) is 0 Å². The van der Waals surface area contributed by atoms with E-state index in [1.54, 1.807) is 0 Å². The average Bonchev–Trinajstić information content (AvgIpc) is 2.03. The average molecular weight is 158 g/mol. The number of unbranched alkanes of at least 4 members (excludes halogenated alkanes) is 3. The van der Waals surface area contributed by atoms with Gasteiger partial charge in [0.05, 0.1) is 0 Å². The van der Waals surface area contributed by atoms with Gasteiger partial charge in [-0.25, -0.2) is 0 Å². The first-order chi connectivity index (χ1) is 5.41. The van der Waals surface area contributed by atoms with E-state index in [0.29, 0.717) is 0 Å². The molecule has 0 aromatic carbocycles. The highest BCUT2D eigenvalue weighted by Gasteiger charge is 1.87. The molecule has 0 rings (SSSR count). The topological polar surface area (TPSA) is 38.0 Å². The smallest absolute Gasteiger partial charge is 0.00369 e. The summed E-state index contributed by atoms with van der Waals surface area (Å²) in [7, 11) is 0. The second kappa shape index (κ2) is 9.92. The van der Waals surface area contributed by atoms with Gasteiger partial charge in [0.1, 0.15) is 0 Å². The van der Waals surface area contributed by atoms with E-state index in [1.165, 1.54) is 32.2 Å². The highest BCUT2D eigenvalue weighted by molar-refractivity contribution is 4.48. The molecule has 0 atom stereocenters. The van der Waals surface area contributed by atoms with E-state index in [2.05, 4.69) is 12.2 Å². The zero-order valence-electron chi connectivity index (χ0n) is 7.73. The van der Waals surface area contributed by atoms with Crippen LogP contribution in [0.4, 0.5) is 0 Å². The summed E-state index contributed by atoms with van der Waals surface area (Å²) in [5, 5.41) is 3.37. The molecule has 0 aliphatic carbocycles. The number of nitrogens with one attached hydrogen (secondary N) is 1. The monoisotopic (exact) mass is 158 g/mol. The molecule has 0 saturated carbocycles. The summed E-state index contributed by atoms with van der Waals surface area (Å²) in [4.78, 5) is 0. The van der Waals surface area contributed by atoms with E-state index in [9.17, 15) is 0 Å². The van der Waals surface area contributed by atoms with Crippen molar-refractivity contribution in [1.29, 1.82) is 0 Å². The molecular weight excluding hydrogens is 136 g/mol. The minimum atomic E-state index is 0.808. The van der Waals surface area contributed by atoms with Crippen LogP contribution >= 0.6 is 0 Å². The number of hydrogen-bond donors (Lipinski definition) is 2. The van der Waals surface area contributed by atoms with Crippen molar-refractivity contribution in [3.8, 4) is 0 Å². The van der Waals surface area contributed by atoms with Gasteiger partial charge in [0.15, 0.2) is 0 Å². The summed E-state index contributed by atoms with van der Waals surface area (Å²) in [6, 6.07) is 0. The molecule has 0 bridgehead atoms. The molecule has 0 amide bonds. The molecule has 11 heavy (non-hydrogen) atoms. The molecule has 2 nitrogen and oxygen atoms in total. The van der Waals surface area contributed by atoms with Gasteiger partial charge in [0.25, 0.3) is 0 Å². The van der Waals surface area contributed by atoms with Crippen LogP contribution in [-0.2, 0) is 0 Å². The lowest BCUT2D eigenvalue weighted by atomic mass is 10.2. The standard InChI is InChI=1S/C9H22N2/c1-2-3-4-5-8-11-9-6-7-10/h11H,2-10H2,1H3. The van der Waals surface area contributed by atoms with Crippen LogP contribution in [0.2, 0.25) is 0 Å². The Bertz CT molecular complexity index is 56.6. The van der Waals surface area contributed by atoms with Crippen molar-refractivity contribution in [3.05, 3.63) is 0 Å². The second-order valence-electron chi connectivity index (χ2n) is 2.95. The number of nitrogens with two attached hydrogens (primary N) is 1. The molecule has 3 N–H and O–H groups in total. The third kappa shape index (κ3) is 9.92. The summed E-state index contributed by atoms with van der Waals surface area (Å²) in [6.45, 7) is 5.30. The van der Waals surface area contributed by atoms with Crippen LogP contribution in [0.25, 0.3) is 0 Å². The molecule has 0 saturated heterocycles. The summed E-state index contributed by atoms with van der Waals surface area (Å²) in [5.74, 6) is 0. The van der Waals surface area contributed by atoms with Gasteiger partial charge in [-0.2, -0.15) is 0 Å². The Morgan fingerprint density at radius 1 is 1.00 bits per heavy atom. The summed E-state index contributed by atoms with van der Waals surface area (Å²) >= 11 is 0. The highest BCUT2D eigenvalue weighted by atomic mass is 14.8. The Morgan fingerprint density at radius 2 is 1.73 bits per heavy atom. The van der Waals surface area contributed by atoms with Crippen LogP contribution in [0.5, 0.6) is 0 Å². The summed E-state index contributed by atoms with van der Waals surface area (Å²) in [6.07, 6.45) is 6.49. The lowest BCUT2D eigenvalue weighted by molar-refractivity contribution is 0.588. The molecule has 0 aliphatic heterocycles. The maximum Gasteiger partial charge on any atom is -0.00369 e. The molecule has 0 unspecified atom stereocenters. The zero-order valence-corrected chi connectivity index (χ0v) is 7.73. The van der Waals surface area contributed by atoms with E-state index < -0.39 is 0 Å². The minimum Gasteiger partial charge on any atom is -0.330 e. The molecule has 0 aliphatic rings. The fraction of sp³-hybridized carbons (Fsp3) is 1.00. The Labute approximate surface area is 70.5 Å². The van der Waals surface area contributed by atoms with Crippen LogP contribution in [0.3, 0.4) is 0 Å². The van der Waals surface area contributed by atoms with Gasteiger partial charge in [-0.1, -0.05) is 26.2 Å². The van der Waals surface area contributed by atoms with E-state index >= 15 is 0 Å². The van der Waals surface area contributed by atoms with Crippen molar-refractivity contribution in [2.75, 3.05) is 19.6 Å². The zero-order chi connectivity index (χ0) is 8.36. The Balaban J connectivity index is 2.69. The molecule has 2 heteroatoms. The number of rotatable bonds is 8. The van der Waals surface area contributed by atoms with Gasteiger partial charge >= 0.3 is 0 Å². The first kappa shape index (κ1) is 10.9. The van der Waals surface area contributed by atoms with Gasteiger partial charge in [-0.3, -0.25) is 0 Å². The Morgan fingerprint density at radius 3 is 2.36 bits per heavy atom. The lowest BCUT2D eigenvalue weighted by Crippen LogP contribution is -2.19. The predicted molar refractivity (Wildman–Crippen MR) is 50.7 cm³/mol. The van der Waals surface area contributed by atoms with Crippen molar-refractivity contribution in [2.45, 2.75) is 39.0 Å². The maximum absolute atomic E-state index is 5.35. The van der Waals surface area contributed by atoms with Gasteiger partial charge < -0.3 is 11.1 Å². The summed E-state index contributed by atoms with van der Waals surface area (Å²) in [5.41, 5.74) is 5.35.